The number of carboxylic acids is 1. The first kappa shape index (κ1) is 26.3. The zero-order chi connectivity index (χ0) is 26.5. The minimum atomic E-state index is -0.814. The van der Waals surface area contributed by atoms with Gasteiger partial charge in [0.25, 0.3) is 5.91 Å². The lowest BCUT2D eigenvalue weighted by Gasteiger charge is -2.15. The Kier molecular flexibility index (Phi) is 8.19. The number of nitrogens with one attached hydrogen (secondary N) is 1. The van der Waals surface area contributed by atoms with Gasteiger partial charge in [0.05, 0.1) is 28.5 Å². The summed E-state index contributed by atoms with van der Waals surface area (Å²) < 4.78 is 0. The molecule has 1 aromatic heterocycles. The van der Waals surface area contributed by atoms with Crippen LogP contribution in [0.4, 0.5) is 0 Å². The van der Waals surface area contributed by atoms with Crippen LogP contribution >= 0.6 is 11.6 Å². The van der Waals surface area contributed by atoms with E-state index < -0.39 is 5.97 Å². The van der Waals surface area contributed by atoms with Crippen LogP contribution in [0.15, 0.2) is 66.7 Å². The molecular weight excluding hydrogens is 486 g/mol. The number of aryl methyl sites for hydroxylation is 2. The summed E-state index contributed by atoms with van der Waals surface area (Å²) in [5.41, 5.74) is 6.38. The molecule has 1 heterocycles. The number of aliphatic carboxylic acids is 1. The number of rotatable bonds is 9. The lowest BCUT2D eigenvalue weighted by Crippen LogP contribution is -2.26. The summed E-state index contributed by atoms with van der Waals surface area (Å²) in [5, 5.41) is 12.8. The highest BCUT2D eigenvalue weighted by Gasteiger charge is 2.17. The van der Waals surface area contributed by atoms with Gasteiger partial charge in [0.1, 0.15) is 0 Å². The van der Waals surface area contributed by atoms with E-state index in [2.05, 4.69) is 5.32 Å². The lowest BCUT2D eigenvalue weighted by atomic mass is 9.98. The molecule has 0 spiro atoms. The summed E-state index contributed by atoms with van der Waals surface area (Å²) in [7, 11) is 0. The Bertz CT molecular complexity index is 1420. The molecule has 0 aliphatic carbocycles. The number of benzene rings is 3. The summed E-state index contributed by atoms with van der Waals surface area (Å²) in [6, 6.07) is 20.7. The second-order valence-electron chi connectivity index (χ2n) is 9.58. The van der Waals surface area contributed by atoms with E-state index in [4.69, 9.17) is 26.7 Å². The fourth-order valence-corrected chi connectivity index (χ4v) is 4.37. The van der Waals surface area contributed by atoms with Crippen LogP contribution < -0.4 is 5.32 Å². The maximum Gasteiger partial charge on any atom is 0.303 e. The van der Waals surface area contributed by atoms with E-state index in [0.717, 1.165) is 22.5 Å². The Labute approximate surface area is 221 Å². The summed E-state index contributed by atoms with van der Waals surface area (Å²) in [6.07, 6.45) is 1.32. The van der Waals surface area contributed by atoms with Gasteiger partial charge in [0.15, 0.2) is 0 Å². The highest BCUT2D eigenvalue weighted by Crippen LogP contribution is 2.27. The molecule has 0 aliphatic rings. The molecule has 7 heteroatoms. The highest BCUT2D eigenvalue weighted by atomic mass is 35.5. The van der Waals surface area contributed by atoms with Crippen molar-refractivity contribution in [1.82, 2.24) is 15.3 Å². The molecular formula is C30H30ClN3O3. The third-order valence-corrected chi connectivity index (χ3v) is 6.69. The number of hydrogen-bond donors (Lipinski definition) is 2. The molecule has 4 aromatic rings. The SMILES string of the molecule is Cc1ccc([C@H](C)NC(=O)c2ccc3nc(-c4ccc(Cl)cc4)c(CCC(C)CC(=O)O)nc3c2)cc1. The van der Waals surface area contributed by atoms with Gasteiger partial charge in [0.2, 0.25) is 0 Å². The van der Waals surface area contributed by atoms with Crippen LogP contribution in [-0.4, -0.2) is 27.0 Å². The smallest absolute Gasteiger partial charge is 0.303 e. The van der Waals surface area contributed by atoms with Gasteiger partial charge in [-0.05, 0) is 68.5 Å². The van der Waals surface area contributed by atoms with Crippen molar-refractivity contribution in [3.8, 4) is 11.3 Å². The molecule has 37 heavy (non-hydrogen) atoms. The zero-order valence-corrected chi connectivity index (χ0v) is 21.9. The fraction of sp³-hybridized carbons (Fsp3) is 0.267. The number of carbonyl (C=O) groups excluding carboxylic acids is 1. The van der Waals surface area contributed by atoms with E-state index in [1.165, 1.54) is 5.56 Å². The number of halogens is 1. The van der Waals surface area contributed by atoms with Gasteiger partial charge >= 0.3 is 5.97 Å². The molecule has 190 valence electrons. The number of carboxylic acid groups (broad SMARTS) is 1. The highest BCUT2D eigenvalue weighted by molar-refractivity contribution is 6.30. The fourth-order valence-electron chi connectivity index (χ4n) is 4.25. The molecule has 6 nitrogen and oxygen atoms in total. The van der Waals surface area contributed by atoms with Gasteiger partial charge in [-0.15, -0.1) is 0 Å². The molecule has 0 aliphatic heterocycles. The first-order chi connectivity index (χ1) is 17.7. The Morgan fingerprint density at radius 1 is 0.946 bits per heavy atom. The predicted octanol–water partition coefficient (Wildman–Crippen LogP) is 6.79. The maximum absolute atomic E-state index is 13.0. The Morgan fingerprint density at radius 3 is 2.32 bits per heavy atom. The normalized spacial score (nSPS) is 12.8. The maximum atomic E-state index is 13.0. The van der Waals surface area contributed by atoms with Crippen molar-refractivity contribution < 1.29 is 14.7 Å². The Morgan fingerprint density at radius 2 is 1.65 bits per heavy atom. The number of carbonyl (C=O) groups is 2. The standard InChI is InChI=1S/C30H30ClN3O3/c1-18-4-7-21(8-5-18)20(3)32-30(37)23-11-15-25-27(17-23)33-26(14-6-19(2)16-28(35)36)29(34-25)22-9-12-24(31)13-10-22/h4-5,7-13,15,17,19-20H,6,14,16H2,1-3H3,(H,32,37)(H,35,36)/t19?,20-/m0/s1. The first-order valence-corrected chi connectivity index (χ1v) is 12.7. The molecule has 3 aromatic carbocycles. The van der Waals surface area contributed by atoms with Crippen LogP contribution in [0.1, 0.15) is 59.9 Å². The van der Waals surface area contributed by atoms with Crippen molar-refractivity contribution >= 4 is 34.5 Å². The van der Waals surface area contributed by atoms with Gasteiger partial charge in [-0.3, -0.25) is 9.59 Å². The van der Waals surface area contributed by atoms with E-state index in [1.807, 2.05) is 75.4 Å². The van der Waals surface area contributed by atoms with Gasteiger partial charge in [-0.2, -0.15) is 0 Å². The van der Waals surface area contributed by atoms with Crippen LogP contribution in [0.25, 0.3) is 22.3 Å². The summed E-state index contributed by atoms with van der Waals surface area (Å²) in [6.45, 7) is 5.91. The molecule has 1 unspecified atom stereocenters. The second-order valence-corrected chi connectivity index (χ2v) is 10.0. The zero-order valence-electron chi connectivity index (χ0n) is 21.2. The summed E-state index contributed by atoms with van der Waals surface area (Å²) in [4.78, 5) is 33.9. The quantitative estimate of drug-likeness (QED) is 0.256. The van der Waals surface area contributed by atoms with Gasteiger partial charge in [0, 0.05) is 22.6 Å². The average molecular weight is 516 g/mol. The molecule has 0 saturated carbocycles. The molecule has 0 fully saturated rings. The number of hydrogen-bond acceptors (Lipinski definition) is 4. The lowest BCUT2D eigenvalue weighted by molar-refractivity contribution is -0.138. The van der Waals surface area contributed by atoms with Crippen LogP contribution in [0, 0.1) is 12.8 Å². The summed E-state index contributed by atoms with van der Waals surface area (Å²) in [5.74, 6) is -1.01. The first-order valence-electron chi connectivity index (χ1n) is 12.4. The summed E-state index contributed by atoms with van der Waals surface area (Å²) >= 11 is 6.08. The molecule has 1 amide bonds. The molecule has 0 bridgehead atoms. The van der Waals surface area contributed by atoms with Crippen molar-refractivity contribution in [2.45, 2.75) is 46.1 Å². The van der Waals surface area contributed by atoms with Crippen molar-refractivity contribution in [1.29, 1.82) is 0 Å². The third kappa shape index (κ3) is 6.71. The molecule has 4 rings (SSSR count). The largest absolute Gasteiger partial charge is 0.481 e. The molecule has 0 saturated heterocycles. The number of nitrogens with zero attached hydrogens (tertiary/aromatic N) is 2. The number of amides is 1. The Balaban J connectivity index is 1.64. The van der Waals surface area contributed by atoms with Crippen molar-refractivity contribution in [2.24, 2.45) is 5.92 Å². The topological polar surface area (TPSA) is 92.2 Å². The molecule has 0 radical (unpaired) electrons. The van der Waals surface area contributed by atoms with E-state index in [1.54, 1.807) is 12.1 Å². The number of fused-ring (bicyclic) bond motifs is 1. The van der Waals surface area contributed by atoms with Crippen molar-refractivity contribution in [3.63, 3.8) is 0 Å². The molecule has 2 atom stereocenters. The predicted molar refractivity (Wildman–Crippen MR) is 147 cm³/mol. The van der Waals surface area contributed by atoms with Crippen molar-refractivity contribution in [3.05, 3.63) is 94.1 Å². The van der Waals surface area contributed by atoms with Gasteiger partial charge < -0.3 is 10.4 Å². The van der Waals surface area contributed by atoms with Crippen LogP contribution in [0.5, 0.6) is 0 Å². The molecule has 2 N–H and O–H groups in total. The van der Waals surface area contributed by atoms with Crippen LogP contribution in [0.2, 0.25) is 5.02 Å². The Hall–Kier alpha value is -3.77. The van der Waals surface area contributed by atoms with E-state index in [-0.39, 0.29) is 24.3 Å². The van der Waals surface area contributed by atoms with Crippen molar-refractivity contribution in [2.75, 3.05) is 0 Å². The van der Waals surface area contributed by atoms with Gasteiger partial charge in [-0.1, -0.05) is 60.5 Å². The average Bonchev–Trinajstić information content (AvgIpc) is 2.87. The monoisotopic (exact) mass is 515 g/mol. The van der Waals surface area contributed by atoms with E-state index in [9.17, 15) is 9.59 Å². The van der Waals surface area contributed by atoms with E-state index in [0.29, 0.717) is 34.5 Å². The number of aromatic nitrogens is 2. The minimum Gasteiger partial charge on any atom is -0.481 e. The van der Waals surface area contributed by atoms with Gasteiger partial charge in [-0.25, -0.2) is 9.97 Å². The van der Waals surface area contributed by atoms with Crippen LogP contribution in [0.3, 0.4) is 0 Å². The second kappa shape index (κ2) is 11.5. The third-order valence-electron chi connectivity index (χ3n) is 6.44. The van der Waals surface area contributed by atoms with Crippen LogP contribution in [-0.2, 0) is 11.2 Å². The van der Waals surface area contributed by atoms with E-state index >= 15 is 0 Å². The minimum absolute atomic E-state index is 0.00608.